The number of nitrogens with zero attached hydrogens (tertiary/aromatic N) is 2. The number of likely N-dealkylation sites (tertiary alicyclic amines) is 1. The van der Waals surface area contributed by atoms with E-state index in [-0.39, 0.29) is 36.9 Å². The number of hydrogen-bond acceptors (Lipinski definition) is 7. The zero-order chi connectivity index (χ0) is 28.3. The first kappa shape index (κ1) is 28.8. The minimum Gasteiger partial charge on any atom is -0.460 e. The highest BCUT2D eigenvalue weighted by molar-refractivity contribution is 5.99. The Morgan fingerprint density at radius 3 is 2.62 bits per heavy atom. The summed E-state index contributed by atoms with van der Waals surface area (Å²) in [6, 6.07) is -0.813. The van der Waals surface area contributed by atoms with Gasteiger partial charge in [-0.15, -0.1) is 0 Å². The molecule has 5 aliphatic rings. The van der Waals surface area contributed by atoms with Crippen LogP contribution >= 0.6 is 0 Å². The molecule has 5 bridgehead atoms. The predicted molar refractivity (Wildman–Crippen MR) is 146 cm³/mol. The third kappa shape index (κ3) is 5.44. The van der Waals surface area contributed by atoms with Gasteiger partial charge in [0.25, 0.3) is 0 Å². The number of carbonyl (C=O) groups is 4. The molecule has 1 spiro atoms. The summed E-state index contributed by atoms with van der Waals surface area (Å²) in [6.07, 6.45) is 14.2. The summed E-state index contributed by atoms with van der Waals surface area (Å²) in [5.41, 5.74) is -1.22. The van der Waals surface area contributed by atoms with E-state index < -0.39 is 41.7 Å². The summed E-state index contributed by atoms with van der Waals surface area (Å²) in [5, 5.41) is 12.1. The fourth-order valence-corrected chi connectivity index (χ4v) is 7.18. The quantitative estimate of drug-likeness (QED) is 0.290. The number of nitrogens with one attached hydrogen (secondary N) is 1. The van der Waals surface area contributed by atoms with Crippen LogP contribution in [0.2, 0.25) is 0 Å². The van der Waals surface area contributed by atoms with E-state index in [1.165, 1.54) is 0 Å². The van der Waals surface area contributed by atoms with Crippen LogP contribution in [0.3, 0.4) is 0 Å². The summed E-state index contributed by atoms with van der Waals surface area (Å²) >= 11 is 0. The van der Waals surface area contributed by atoms with Gasteiger partial charge in [0.2, 0.25) is 17.7 Å². The molecule has 3 amide bonds. The van der Waals surface area contributed by atoms with Crippen LogP contribution in [-0.4, -0.2) is 94.7 Å². The van der Waals surface area contributed by atoms with Gasteiger partial charge in [-0.1, -0.05) is 43.6 Å². The number of carbonyl (C=O) groups excluding carboxylic acids is 4. The standard InChI is InChI=1S/C30H43N3O7/c1-20-19-31-23(35)13-7-3-8-16-32(21-11-5-2-6-12-21)28(37)26-30-15-14-22(40-30)24(29(38)39-20)25(30)27(36)33(26)17-9-4-10-18-34/h3,8,14-15,20-22,24-26,34H,2,4-7,9-13,16-19H2,1H3,(H,31,35)/b8-3-/t20-,22+,24-,25-,26+,30-/m1/s1. The molecule has 0 aromatic heterocycles. The molecule has 1 saturated carbocycles. The molecule has 0 aromatic carbocycles. The molecule has 40 heavy (non-hydrogen) atoms. The molecule has 0 unspecified atom stereocenters. The molecule has 3 fully saturated rings. The van der Waals surface area contributed by atoms with Gasteiger partial charge >= 0.3 is 5.97 Å². The molecule has 5 rings (SSSR count). The zero-order valence-electron chi connectivity index (χ0n) is 23.5. The van der Waals surface area contributed by atoms with Gasteiger partial charge in [-0.05, 0) is 45.4 Å². The first-order chi connectivity index (χ1) is 19.4. The number of aliphatic hydroxyl groups excluding tert-OH is 1. The minimum absolute atomic E-state index is 0.0577. The topological polar surface area (TPSA) is 125 Å². The number of cyclic esters (lactones) is 1. The van der Waals surface area contributed by atoms with Crippen LogP contribution < -0.4 is 5.32 Å². The van der Waals surface area contributed by atoms with Crippen molar-refractivity contribution in [2.75, 3.05) is 26.2 Å². The van der Waals surface area contributed by atoms with Gasteiger partial charge < -0.3 is 29.7 Å². The molecule has 10 nitrogen and oxygen atoms in total. The molecule has 10 heteroatoms. The highest BCUT2D eigenvalue weighted by Gasteiger charge is 2.73. The number of allylic oxidation sites excluding steroid dienone is 1. The predicted octanol–water partition coefficient (Wildman–Crippen LogP) is 1.86. The van der Waals surface area contributed by atoms with Gasteiger partial charge in [0.05, 0.1) is 18.6 Å². The fourth-order valence-electron chi connectivity index (χ4n) is 7.18. The Balaban J connectivity index is 1.52. The molecular formula is C30H43N3O7. The molecule has 220 valence electrons. The molecule has 2 N–H and O–H groups in total. The van der Waals surface area contributed by atoms with Crippen molar-refractivity contribution >= 4 is 23.7 Å². The van der Waals surface area contributed by atoms with Gasteiger partial charge in [-0.25, -0.2) is 0 Å². The first-order valence-electron chi connectivity index (χ1n) is 15.1. The summed E-state index contributed by atoms with van der Waals surface area (Å²) in [7, 11) is 0. The fraction of sp³-hybridized carbons (Fsp3) is 0.733. The van der Waals surface area contributed by atoms with Crippen LogP contribution in [0.4, 0.5) is 0 Å². The number of unbranched alkanes of at least 4 members (excludes halogenated alkanes) is 2. The Hall–Kier alpha value is -2.72. The number of fused-ring (bicyclic) bond motifs is 2. The van der Waals surface area contributed by atoms with Crippen molar-refractivity contribution in [1.82, 2.24) is 15.1 Å². The average Bonchev–Trinajstić information content (AvgIpc) is 3.59. The van der Waals surface area contributed by atoms with Crippen LogP contribution in [0.5, 0.6) is 0 Å². The number of ether oxygens (including phenoxy) is 2. The van der Waals surface area contributed by atoms with E-state index in [4.69, 9.17) is 9.47 Å². The van der Waals surface area contributed by atoms with Crippen molar-refractivity contribution in [3.63, 3.8) is 0 Å². The van der Waals surface area contributed by atoms with E-state index in [9.17, 15) is 24.3 Å². The second kappa shape index (κ2) is 12.4. The van der Waals surface area contributed by atoms with Gasteiger partial charge in [0.1, 0.15) is 23.7 Å². The molecule has 0 aromatic rings. The number of hydrogen-bond donors (Lipinski definition) is 2. The number of esters is 1. The molecule has 4 aliphatic heterocycles. The molecular weight excluding hydrogens is 514 g/mol. The van der Waals surface area contributed by atoms with Crippen molar-refractivity contribution in [2.24, 2.45) is 11.8 Å². The highest BCUT2D eigenvalue weighted by atomic mass is 16.6. The van der Waals surface area contributed by atoms with E-state index in [1.54, 1.807) is 17.9 Å². The van der Waals surface area contributed by atoms with E-state index >= 15 is 0 Å². The van der Waals surface area contributed by atoms with Gasteiger partial charge in [0.15, 0.2) is 0 Å². The normalized spacial score (nSPS) is 36.1. The van der Waals surface area contributed by atoms with Crippen molar-refractivity contribution in [3.8, 4) is 0 Å². The van der Waals surface area contributed by atoms with Crippen LogP contribution in [0, 0.1) is 11.8 Å². The number of aliphatic hydroxyl groups is 1. The van der Waals surface area contributed by atoms with Crippen molar-refractivity contribution < 1.29 is 33.8 Å². The summed E-state index contributed by atoms with van der Waals surface area (Å²) in [4.78, 5) is 58.1. The molecule has 1 aliphatic carbocycles. The SMILES string of the molecule is C[C@@H]1CNC(=O)CC/C=C\CN(C2CCCCC2)C(=O)[C@@H]2N(CCCCCO)C(=O)[C@H]3[C@H](C(=O)O1)[C@@H]1C=C[C@]23O1. The molecule has 4 heterocycles. The third-order valence-electron chi connectivity index (χ3n) is 9.15. The van der Waals surface area contributed by atoms with E-state index in [2.05, 4.69) is 5.32 Å². The monoisotopic (exact) mass is 557 g/mol. The largest absolute Gasteiger partial charge is 0.460 e. The lowest BCUT2D eigenvalue weighted by atomic mass is 9.74. The maximum atomic E-state index is 14.6. The summed E-state index contributed by atoms with van der Waals surface area (Å²) in [6.45, 7) is 2.72. The second-order valence-electron chi connectivity index (χ2n) is 11.9. The number of amides is 3. The summed E-state index contributed by atoms with van der Waals surface area (Å²) < 4.78 is 12.2. The van der Waals surface area contributed by atoms with Gasteiger partial charge in [-0.2, -0.15) is 0 Å². The first-order valence-corrected chi connectivity index (χ1v) is 15.1. The Labute approximate surface area is 236 Å². The lowest BCUT2D eigenvalue weighted by Gasteiger charge is -2.40. The Kier molecular flexibility index (Phi) is 8.95. The zero-order valence-corrected chi connectivity index (χ0v) is 23.5. The lowest BCUT2D eigenvalue weighted by Crippen LogP contribution is -2.58. The van der Waals surface area contributed by atoms with E-state index in [0.717, 1.165) is 38.5 Å². The smallest absolute Gasteiger partial charge is 0.313 e. The molecule has 6 atom stereocenters. The van der Waals surface area contributed by atoms with E-state index in [1.807, 2.05) is 23.1 Å². The van der Waals surface area contributed by atoms with Gasteiger partial charge in [-0.3, -0.25) is 19.2 Å². The maximum Gasteiger partial charge on any atom is 0.313 e. The lowest BCUT2D eigenvalue weighted by molar-refractivity contribution is -0.158. The van der Waals surface area contributed by atoms with Crippen LogP contribution in [0.25, 0.3) is 0 Å². The average molecular weight is 558 g/mol. The van der Waals surface area contributed by atoms with Crippen LogP contribution in [0.1, 0.15) is 71.1 Å². The van der Waals surface area contributed by atoms with Crippen molar-refractivity contribution in [3.05, 3.63) is 24.3 Å². The number of rotatable bonds is 6. The molecule has 2 saturated heterocycles. The third-order valence-corrected chi connectivity index (χ3v) is 9.15. The van der Waals surface area contributed by atoms with E-state index in [0.29, 0.717) is 38.8 Å². The van der Waals surface area contributed by atoms with Crippen LogP contribution in [-0.2, 0) is 28.7 Å². The Morgan fingerprint density at radius 1 is 1.05 bits per heavy atom. The maximum absolute atomic E-state index is 14.6. The molecule has 0 radical (unpaired) electrons. The van der Waals surface area contributed by atoms with Gasteiger partial charge in [0, 0.05) is 32.2 Å². The van der Waals surface area contributed by atoms with Crippen molar-refractivity contribution in [2.45, 2.75) is 101 Å². The highest BCUT2D eigenvalue weighted by Crippen LogP contribution is 2.55. The second-order valence-corrected chi connectivity index (χ2v) is 11.9. The van der Waals surface area contributed by atoms with Crippen molar-refractivity contribution in [1.29, 1.82) is 0 Å². The Morgan fingerprint density at radius 2 is 1.85 bits per heavy atom. The van der Waals surface area contributed by atoms with Crippen LogP contribution in [0.15, 0.2) is 24.3 Å². The Bertz CT molecular complexity index is 1040. The minimum atomic E-state index is -1.22. The summed E-state index contributed by atoms with van der Waals surface area (Å²) in [5.74, 6) is -2.77.